The number of unbranched alkanes of at least 4 members (excludes halogenated alkanes) is 6. The van der Waals surface area contributed by atoms with Crippen LogP contribution in [0.15, 0.2) is 0 Å². The molecule has 0 N–H and O–H groups in total. The second-order valence-corrected chi connectivity index (χ2v) is 19.3. The van der Waals surface area contributed by atoms with Gasteiger partial charge in [-0.15, -0.1) is 0 Å². The van der Waals surface area contributed by atoms with Crippen LogP contribution in [0.2, 0.25) is 36.3 Å². The van der Waals surface area contributed by atoms with Gasteiger partial charge >= 0.3 is 0 Å². The summed E-state index contributed by atoms with van der Waals surface area (Å²) in [5.41, 5.74) is 0. The first-order valence-electron chi connectivity index (χ1n) is 13.4. The third-order valence-electron chi connectivity index (χ3n) is 6.52. The fourth-order valence-corrected chi connectivity index (χ4v) is 17.7. The summed E-state index contributed by atoms with van der Waals surface area (Å²) in [6.45, 7) is 13.6. The summed E-state index contributed by atoms with van der Waals surface area (Å²) < 4.78 is 26.7. The van der Waals surface area contributed by atoms with Gasteiger partial charge in [0.1, 0.15) is 0 Å². The van der Waals surface area contributed by atoms with Gasteiger partial charge in [0.05, 0.1) is 0 Å². The standard InChI is InChI=1S/C24H55O3PSi2/c1-7-13-19-29(20-14-8-2,21-15-9-3)26-28(25)27-30(22-16-10-4,23-17-11-5)24-18-12-6/h28H,7-24H2,1-6H3. The molecule has 0 heterocycles. The van der Waals surface area contributed by atoms with Crippen LogP contribution < -0.4 is 0 Å². The van der Waals surface area contributed by atoms with E-state index in [1.807, 2.05) is 0 Å². The highest BCUT2D eigenvalue weighted by atomic mass is 31.1. The van der Waals surface area contributed by atoms with E-state index in [0.717, 1.165) is 36.3 Å². The Hall–Kier alpha value is 0.584. The maximum absolute atomic E-state index is 13.5. The topological polar surface area (TPSA) is 35.5 Å². The third-order valence-corrected chi connectivity index (χ3v) is 18.9. The average Bonchev–Trinajstić information content (AvgIpc) is 2.75. The Morgan fingerprint density at radius 1 is 0.467 bits per heavy atom. The lowest BCUT2D eigenvalue weighted by Gasteiger charge is -2.35. The molecule has 30 heavy (non-hydrogen) atoms. The lowest BCUT2D eigenvalue weighted by molar-refractivity contribution is 0.392. The SMILES string of the molecule is CCCC[Si](CCCC)(CCCC)O[PH](=O)O[Si](CCCC)(CCCC)CCCC. The summed E-state index contributed by atoms with van der Waals surface area (Å²) in [6.07, 6.45) is 14.4. The van der Waals surface area contributed by atoms with Crippen molar-refractivity contribution in [3.63, 3.8) is 0 Å². The number of rotatable bonds is 22. The number of hydrogen-bond acceptors (Lipinski definition) is 3. The monoisotopic (exact) mass is 478 g/mol. The van der Waals surface area contributed by atoms with Crippen LogP contribution in [0.3, 0.4) is 0 Å². The molecule has 0 aromatic heterocycles. The van der Waals surface area contributed by atoms with E-state index in [4.69, 9.17) is 8.43 Å². The molecule has 0 spiro atoms. The van der Waals surface area contributed by atoms with Crippen molar-refractivity contribution in [2.45, 2.75) is 155 Å². The molecule has 0 fully saturated rings. The van der Waals surface area contributed by atoms with E-state index in [2.05, 4.69) is 41.5 Å². The van der Waals surface area contributed by atoms with Gasteiger partial charge in [0, 0.05) is 0 Å². The Labute approximate surface area is 192 Å². The zero-order chi connectivity index (χ0) is 22.7. The molecule has 0 aliphatic carbocycles. The van der Waals surface area contributed by atoms with Gasteiger partial charge in [-0.2, -0.15) is 0 Å². The Kier molecular flexibility index (Phi) is 19.5. The van der Waals surface area contributed by atoms with Gasteiger partial charge in [-0.3, -0.25) is 4.57 Å². The highest BCUT2D eigenvalue weighted by Crippen LogP contribution is 2.44. The van der Waals surface area contributed by atoms with E-state index in [1.54, 1.807) is 0 Å². The normalized spacial score (nSPS) is 12.8. The summed E-state index contributed by atoms with van der Waals surface area (Å²) in [5.74, 6) is 0. The first kappa shape index (κ1) is 30.6. The fraction of sp³-hybridized carbons (Fsp3) is 1.00. The molecule has 6 heteroatoms. The summed E-state index contributed by atoms with van der Waals surface area (Å²) in [5, 5.41) is 0. The van der Waals surface area contributed by atoms with Crippen LogP contribution in [-0.4, -0.2) is 16.6 Å². The van der Waals surface area contributed by atoms with Crippen molar-refractivity contribution in [3.8, 4) is 0 Å². The Morgan fingerprint density at radius 3 is 0.833 bits per heavy atom. The quantitative estimate of drug-likeness (QED) is 0.115. The molecule has 0 bridgehead atoms. The molecule has 182 valence electrons. The van der Waals surface area contributed by atoms with Crippen molar-refractivity contribution in [1.29, 1.82) is 0 Å². The molecule has 0 aromatic rings. The van der Waals surface area contributed by atoms with Crippen LogP contribution in [-0.2, 0) is 13.0 Å². The second-order valence-electron chi connectivity index (χ2n) is 9.44. The molecule has 0 saturated heterocycles. The maximum Gasteiger partial charge on any atom is 0.299 e. The smallest absolute Gasteiger partial charge is 0.299 e. The van der Waals surface area contributed by atoms with Crippen LogP contribution in [0.1, 0.15) is 119 Å². The van der Waals surface area contributed by atoms with E-state index >= 15 is 0 Å². The maximum atomic E-state index is 13.5. The molecule has 0 aliphatic rings. The first-order chi connectivity index (χ1) is 14.5. The van der Waals surface area contributed by atoms with Crippen LogP contribution in [0, 0.1) is 0 Å². The zero-order valence-electron chi connectivity index (χ0n) is 21.5. The van der Waals surface area contributed by atoms with Crippen molar-refractivity contribution in [3.05, 3.63) is 0 Å². The van der Waals surface area contributed by atoms with Gasteiger partial charge in [-0.1, -0.05) is 119 Å². The van der Waals surface area contributed by atoms with Crippen molar-refractivity contribution in [1.82, 2.24) is 0 Å². The van der Waals surface area contributed by atoms with Gasteiger partial charge in [0.2, 0.25) is 16.6 Å². The van der Waals surface area contributed by atoms with Gasteiger partial charge in [-0.05, 0) is 36.3 Å². The Balaban J connectivity index is 5.50. The van der Waals surface area contributed by atoms with Crippen molar-refractivity contribution >= 4 is 24.9 Å². The molecule has 0 atom stereocenters. The summed E-state index contributed by atoms with van der Waals surface area (Å²) in [7, 11) is -6.38. The summed E-state index contributed by atoms with van der Waals surface area (Å²) >= 11 is 0. The van der Waals surface area contributed by atoms with Crippen LogP contribution >= 0.6 is 8.25 Å². The molecule has 3 nitrogen and oxygen atoms in total. The predicted molar refractivity (Wildman–Crippen MR) is 141 cm³/mol. The minimum absolute atomic E-state index is 1.16. The summed E-state index contributed by atoms with van der Waals surface area (Å²) in [6, 6.07) is 6.98. The fourth-order valence-electron chi connectivity index (χ4n) is 4.42. The molecular weight excluding hydrogens is 423 g/mol. The third kappa shape index (κ3) is 13.2. The van der Waals surface area contributed by atoms with E-state index in [1.165, 1.54) is 77.0 Å². The van der Waals surface area contributed by atoms with E-state index in [9.17, 15) is 4.57 Å². The van der Waals surface area contributed by atoms with E-state index < -0.39 is 24.9 Å². The Morgan fingerprint density at radius 2 is 0.667 bits per heavy atom. The molecule has 0 unspecified atom stereocenters. The zero-order valence-corrected chi connectivity index (χ0v) is 24.5. The largest absolute Gasteiger partial charge is 0.353 e. The highest BCUT2D eigenvalue weighted by molar-refractivity contribution is 7.38. The minimum atomic E-state index is -2.41. The van der Waals surface area contributed by atoms with Crippen LogP contribution in [0.4, 0.5) is 0 Å². The first-order valence-corrected chi connectivity index (χ1v) is 19.7. The van der Waals surface area contributed by atoms with Gasteiger partial charge in [-0.25, -0.2) is 0 Å². The highest BCUT2D eigenvalue weighted by Gasteiger charge is 2.40. The number of hydrogen-bond donors (Lipinski definition) is 0. The van der Waals surface area contributed by atoms with Crippen LogP contribution in [0.5, 0.6) is 0 Å². The average molecular weight is 479 g/mol. The lowest BCUT2D eigenvalue weighted by atomic mass is 10.4. The molecule has 0 aromatic carbocycles. The van der Waals surface area contributed by atoms with Gasteiger partial charge in [0.25, 0.3) is 8.25 Å². The van der Waals surface area contributed by atoms with Crippen molar-refractivity contribution in [2.75, 3.05) is 0 Å². The predicted octanol–water partition coefficient (Wildman–Crippen LogP) is 10.1. The summed E-state index contributed by atoms with van der Waals surface area (Å²) in [4.78, 5) is 0. The van der Waals surface area contributed by atoms with Gasteiger partial charge in [0.15, 0.2) is 0 Å². The lowest BCUT2D eigenvalue weighted by Crippen LogP contribution is -2.39. The van der Waals surface area contributed by atoms with Crippen molar-refractivity contribution < 1.29 is 13.0 Å². The van der Waals surface area contributed by atoms with Gasteiger partial charge < -0.3 is 8.43 Å². The second kappa shape index (κ2) is 19.1. The van der Waals surface area contributed by atoms with E-state index in [0.29, 0.717) is 0 Å². The molecule has 0 saturated carbocycles. The molecular formula is C24H55O3PSi2. The molecule has 0 rings (SSSR count). The Bertz CT molecular complexity index is 342. The van der Waals surface area contributed by atoms with E-state index in [-0.39, 0.29) is 0 Å². The molecule has 0 aliphatic heterocycles. The molecule has 0 radical (unpaired) electrons. The van der Waals surface area contributed by atoms with Crippen molar-refractivity contribution in [2.24, 2.45) is 0 Å². The molecule has 0 amide bonds. The minimum Gasteiger partial charge on any atom is -0.353 e. The van der Waals surface area contributed by atoms with Crippen LogP contribution in [0.25, 0.3) is 0 Å².